The highest BCUT2D eigenvalue weighted by molar-refractivity contribution is 4.90. The zero-order valence-electron chi connectivity index (χ0n) is 13.2. The predicted molar refractivity (Wildman–Crippen MR) is 82.6 cm³/mol. The van der Waals surface area contributed by atoms with E-state index < -0.39 is 0 Å². The molecule has 0 radical (unpaired) electrons. The minimum absolute atomic E-state index is 0.559. The van der Waals surface area contributed by atoms with Crippen molar-refractivity contribution in [2.24, 2.45) is 5.41 Å². The van der Waals surface area contributed by atoms with Gasteiger partial charge in [-0.3, -0.25) is 4.90 Å². The van der Waals surface area contributed by atoms with Gasteiger partial charge in [-0.2, -0.15) is 0 Å². The Kier molecular flexibility index (Phi) is 5.67. The number of nitrogens with zero attached hydrogens (tertiary/aromatic N) is 2. The van der Waals surface area contributed by atoms with Crippen LogP contribution in [0.1, 0.15) is 46.0 Å². The molecule has 0 aromatic carbocycles. The van der Waals surface area contributed by atoms with E-state index in [4.69, 9.17) is 0 Å². The highest BCUT2D eigenvalue weighted by atomic mass is 15.3. The summed E-state index contributed by atoms with van der Waals surface area (Å²) in [5, 5.41) is 3.63. The van der Waals surface area contributed by atoms with Gasteiger partial charge in [0, 0.05) is 38.8 Å². The molecule has 2 aliphatic rings. The number of nitrogens with one attached hydrogen (secondary N) is 1. The fourth-order valence-corrected chi connectivity index (χ4v) is 3.82. The first-order chi connectivity index (χ1) is 9.15. The molecular formula is C16H33N3. The third-order valence-electron chi connectivity index (χ3n) is 5.27. The van der Waals surface area contributed by atoms with Crippen LogP contribution >= 0.6 is 0 Å². The van der Waals surface area contributed by atoms with Crippen LogP contribution in [0.3, 0.4) is 0 Å². The van der Waals surface area contributed by atoms with Gasteiger partial charge in [0.25, 0.3) is 0 Å². The normalized spacial score (nSPS) is 29.5. The largest absolute Gasteiger partial charge is 0.316 e. The monoisotopic (exact) mass is 267 g/mol. The van der Waals surface area contributed by atoms with Crippen LogP contribution < -0.4 is 5.32 Å². The third-order valence-corrected chi connectivity index (χ3v) is 5.27. The molecule has 1 unspecified atom stereocenters. The van der Waals surface area contributed by atoms with E-state index in [1.807, 2.05) is 0 Å². The molecule has 19 heavy (non-hydrogen) atoms. The molecule has 1 N–H and O–H groups in total. The van der Waals surface area contributed by atoms with E-state index in [0.29, 0.717) is 11.5 Å². The van der Waals surface area contributed by atoms with E-state index in [2.05, 4.69) is 36.0 Å². The Labute approximate surface area is 119 Å². The summed E-state index contributed by atoms with van der Waals surface area (Å²) in [5.74, 6) is 0. The average molecular weight is 267 g/mol. The van der Waals surface area contributed by atoms with Crippen molar-refractivity contribution in [1.82, 2.24) is 15.1 Å². The maximum atomic E-state index is 3.63. The van der Waals surface area contributed by atoms with E-state index in [1.165, 1.54) is 64.8 Å². The molecule has 0 amide bonds. The standard InChI is InChI=1S/C16H33N3/c1-4-17-13-16(8-6-5-7-9-16)14-19-11-10-18(3)15(2)12-19/h15,17H,4-14H2,1-3H3. The molecule has 1 aliphatic carbocycles. The van der Waals surface area contributed by atoms with E-state index in [1.54, 1.807) is 0 Å². The molecule has 3 nitrogen and oxygen atoms in total. The predicted octanol–water partition coefficient (Wildman–Crippen LogP) is 2.18. The number of hydrogen-bond donors (Lipinski definition) is 1. The molecule has 1 atom stereocenters. The summed E-state index contributed by atoms with van der Waals surface area (Å²) in [5.41, 5.74) is 0.559. The first-order valence-corrected chi connectivity index (χ1v) is 8.28. The molecule has 2 fully saturated rings. The van der Waals surface area contributed by atoms with Crippen LogP contribution in [0.25, 0.3) is 0 Å². The van der Waals surface area contributed by atoms with Crippen molar-refractivity contribution in [3.8, 4) is 0 Å². The van der Waals surface area contributed by atoms with Crippen LogP contribution in [0, 0.1) is 5.41 Å². The minimum atomic E-state index is 0.559. The summed E-state index contributed by atoms with van der Waals surface area (Å²) in [7, 11) is 2.26. The molecule has 2 rings (SSSR count). The van der Waals surface area contributed by atoms with Crippen LogP contribution in [0.15, 0.2) is 0 Å². The van der Waals surface area contributed by atoms with Crippen LogP contribution in [0.5, 0.6) is 0 Å². The fourth-order valence-electron chi connectivity index (χ4n) is 3.82. The summed E-state index contributed by atoms with van der Waals surface area (Å²) >= 11 is 0. The maximum absolute atomic E-state index is 3.63. The number of rotatable bonds is 5. The third kappa shape index (κ3) is 4.17. The Bertz CT molecular complexity index is 261. The lowest BCUT2D eigenvalue weighted by atomic mass is 9.73. The van der Waals surface area contributed by atoms with Gasteiger partial charge in [-0.1, -0.05) is 26.2 Å². The van der Waals surface area contributed by atoms with E-state index in [9.17, 15) is 0 Å². The lowest BCUT2D eigenvalue weighted by Gasteiger charge is -2.45. The van der Waals surface area contributed by atoms with Crippen LogP contribution in [-0.2, 0) is 0 Å². The molecule has 1 saturated heterocycles. The van der Waals surface area contributed by atoms with Crippen molar-refractivity contribution in [1.29, 1.82) is 0 Å². The highest BCUT2D eigenvalue weighted by Gasteiger charge is 2.34. The first-order valence-electron chi connectivity index (χ1n) is 8.28. The summed E-state index contributed by atoms with van der Waals surface area (Å²) in [6.45, 7) is 12.0. The summed E-state index contributed by atoms with van der Waals surface area (Å²) in [6, 6.07) is 0.716. The Morgan fingerprint density at radius 1 is 1.16 bits per heavy atom. The SMILES string of the molecule is CCNCC1(CN2CCN(C)C(C)C2)CCCCC1. The van der Waals surface area contributed by atoms with Gasteiger partial charge in [0.1, 0.15) is 0 Å². The Morgan fingerprint density at radius 2 is 1.89 bits per heavy atom. The maximum Gasteiger partial charge on any atom is 0.0192 e. The lowest BCUT2D eigenvalue weighted by molar-refractivity contribution is 0.0470. The fraction of sp³-hybridized carbons (Fsp3) is 1.00. The average Bonchev–Trinajstić information content (AvgIpc) is 2.42. The highest BCUT2D eigenvalue weighted by Crippen LogP contribution is 2.37. The molecule has 0 aromatic rings. The Balaban J connectivity index is 1.91. The molecule has 1 aliphatic heterocycles. The van der Waals surface area contributed by atoms with Gasteiger partial charge in [0.15, 0.2) is 0 Å². The second-order valence-corrected chi connectivity index (χ2v) is 6.91. The second kappa shape index (κ2) is 7.05. The van der Waals surface area contributed by atoms with Crippen molar-refractivity contribution in [2.75, 3.05) is 46.3 Å². The zero-order valence-corrected chi connectivity index (χ0v) is 13.2. The second-order valence-electron chi connectivity index (χ2n) is 6.91. The van der Waals surface area contributed by atoms with Gasteiger partial charge < -0.3 is 10.2 Å². The zero-order chi connectivity index (χ0) is 13.7. The van der Waals surface area contributed by atoms with E-state index in [-0.39, 0.29) is 0 Å². The summed E-state index contributed by atoms with van der Waals surface area (Å²) in [6.07, 6.45) is 7.19. The van der Waals surface area contributed by atoms with Gasteiger partial charge in [-0.25, -0.2) is 0 Å². The van der Waals surface area contributed by atoms with Crippen molar-refractivity contribution in [2.45, 2.75) is 52.0 Å². The van der Waals surface area contributed by atoms with Crippen LogP contribution in [0.2, 0.25) is 0 Å². The van der Waals surface area contributed by atoms with Gasteiger partial charge in [0.2, 0.25) is 0 Å². The van der Waals surface area contributed by atoms with E-state index in [0.717, 1.165) is 6.54 Å². The molecule has 0 bridgehead atoms. The first kappa shape index (κ1) is 15.3. The van der Waals surface area contributed by atoms with E-state index >= 15 is 0 Å². The Morgan fingerprint density at radius 3 is 2.53 bits per heavy atom. The van der Waals surface area contributed by atoms with Gasteiger partial charge in [-0.05, 0) is 38.8 Å². The van der Waals surface area contributed by atoms with Crippen LogP contribution in [-0.4, -0.2) is 62.2 Å². The van der Waals surface area contributed by atoms with Gasteiger partial charge in [0.05, 0.1) is 0 Å². The molecule has 0 aromatic heterocycles. The topological polar surface area (TPSA) is 18.5 Å². The molecule has 112 valence electrons. The quantitative estimate of drug-likeness (QED) is 0.824. The van der Waals surface area contributed by atoms with Crippen molar-refractivity contribution >= 4 is 0 Å². The molecule has 1 heterocycles. The lowest BCUT2D eigenvalue weighted by Crippen LogP contribution is -2.54. The minimum Gasteiger partial charge on any atom is -0.316 e. The summed E-state index contributed by atoms with van der Waals surface area (Å²) in [4.78, 5) is 5.22. The van der Waals surface area contributed by atoms with Gasteiger partial charge >= 0.3 is 0 Å². The van der Waals surface area contributed by atoms with Crippen LogP contribution in [0.4, 0.5) is 0 Å². The molecular weight excluding hydrogens is 234 g/mol. The molecule has 0 spiro atoms. The molecule has 3 heteroatoms. The number of likely N-dealkylation sites (N-methyl/N-ethyl adjacent to an activating group) is 1. The smallest absolute Gasteiger partial charge is 0.0192 e. The molecule has 1 saturated carbocycles. The number of piperazine rings is 1. The van der Waals surface area contributed by atoms with Crippen molar-refractivity contribution in [3.63, 3.8) is 0 Å². The van der Waals surface area contributed by atoms with Crippen molar-refractivity contribution < 1.29 is 0 Å². The van der Waals surface area contributed by atoms with Gasteiger partial charge in [-0.15, -0.1) is 0 Å². The number of hydrogen-bond acceptors (Lipinski definition) is 3. The summed E-state index contributed by atoms with van der Waals surface area (Å²) < 4.78 is 0. The van der Waals surface area contributed by atoms with Crippen molar-refractivity contribution in [3.05, 3.63) is 0 Å². The Hall–Kier alpha value is -0.120.